The van der Waals surface area contributed by atoms with Crippen molar-refractivity contribution in [3.63, 3.8) is 0 Å². The molecule has 0 aromatic heterocycles. The Morgan fingerprint density at radius 3 is 2.82 bits per heavy atom. The standard InChI is InChI=1S/C14H18F2O/c1-2-10-6-7-14(17,8-10)9-11-4-3-5-12(15)13(11)16/h3-5,10,17H,2,6-9H2,1H3. The van der Waals surface area contributed by atoms with Gasteiger partial charge in [0.05, 0.1) is 5.60 Å². The summed E-state index contributed by atoms with van der Waals surface area (Å²) in [5.41, 5.74) is -0.570. The highest BCUT2D eigenvalue weighted by atomic mass is 19.2. The zero-order chi connectivity index (χ0) is 12.5. The SMILES string of the molecule is CCC1CCC(O)(Cc2cccc(F)c2F)C1. The van der Waals surface area contributed by atoms with Crippen molar-refractivity contribution in [1.82, 2.24) is 0 Å². The smallest absolute Gasteiger partial charge is 0.162 e. The molecule has 1 fully saturated rings. The van der Waals surface area contributed by atoms with E-state index in [0.29, 0.717) is 18.8 Å². The van der Waals surface area contributed by atoms with Crippen molar-refractivity contribution in [1.29, 1.82) is 0 Å². The first kappa shape index (κ1) is 12.5. The number of hydrogen-bond donors (Lipinski definition) is 1. The summed E-state index contributed by atoms with van der Waals surface area (Å²) in [5.74, 6) is -1.14. The molecule has 17 heavy (non-hydrogen) atoms. The minimum Gasteiger partial charge on any atom is -0.390 e. The zero-order valence-electron chi connectivity index (χ0n) is 10.0. The summed E-state index contributed by atoms with van der Waals surface area (Å²) in [7, 11) is 0. The molecule has 1 aromatic carbocycles. The Bertz CT molecular complexity index is 405. The van der Waals surface area contributed by atoms with Crippen molar-refractivity contribution in [3.8, 4) is 0 Å². The van der Waals surface area contributed by atoms with Gasteiger partial charge in [0, 0.05) is 6.42 Å². The molecule has 0 heterocycles. The van der Waals surface area contributed by atoms with Gasteiger partial charge in [-0.05, 0) is 36.8 Å². The van der Waals surface area contributed by atoms with Crippen molar-refractivity contribution in [3.05, 3.63) is 35.4 Å². The van der Waals surface area contributed by atoms with Gasteiger partial charge in [-0.1, -0.05) is 25.5 Å². The highest BCUT2D eigenvalue weighted by molar-refractivity contribution is 5.21. The molecule has 0 spiro atoms. The van der Waals surface area contributed by atoms with E-state index in [0.717, 1.165) is 18.9 Å². The van der Waals surface area contributed by atoms with Crippen molar-refractivity contribution in [2.75, 3.05) is 0 Å². The van der Waals surface area contributed by atoms with Gasteiger partial charge in [-0.2, -0.15) is 0 Å². The predicted octanol–water partition coefficient (Wildman–Crippen LogP) is 3.45. The highest BCUT2D eigenvalue weighted by Gasteiger charge is 2.37. The van der Waals surface area contributed by atoms with Crippen LogP contribution in [0.5, 0.6) is 0 Å². The number of rotatable bonds is 3. The average Bonchev–Trinajstić information content (AvgIpc) is 2.67. The Hall–Kier alpha value is -0.960. The van der Waals surface area contributed by atoms with Crippen molar-refractivity contribution >= 4 is 0 Å². The van der Waals surface area contributed by atoms with Crippen LogP contribution in [0.4, 0.5) is 8.78 Å². The molecule has 0 radical (unpaired) electrons. The van der Waals surface area contributed by atoms with Gasteiger partial charge in [0.25, 0.3) is 0 Å². The number of aliphatic hydroxyl groups is 1. The van der Waals surface area contributed by atoms with Crippen LogP contribution in [0.15, 0.2) is 18.2 Å². The van der Waals surface area contributed by atoms with Crippen molar-refractivity contribution < 1.29 is 13.9 Å². The Kier molecular flexibility index (Phi) is 3.48. The molecule has 1 N–H and O–H groups in total. The molecular weight excluding hydrogens is 222 g/mol. The number of hydrogen-bond acceptors (Lipinski definition) is 1. The minimum absolute atomic E-state index is 0.215. The van der Waals surface area contributed by atoms with Crippen LogP contribution in [0.2, 0.25) is 0 Å². The fourth-order valence-corrected chi connectivity index (χ4v) is 2.76. The Labute approximate surface area is 100 Å². The van der Waals surface area contributed by atoms with Gasteiger partial charge in [0.1, 0.15) is 0 Å². The van der Waals surface area contributed by atoms with Crippen LogP contribution in [0.3, 0.4) is 0 Å². The molecule has 2 atom stereocenters. The largest absolute Gasteiger partial charge is 0.390 e. The van der Waals surface area contributed by atoms with Crippen LogP contribution in [-0.2, 0) is 6.42 Å². The van der Waals surface area contributed by atoms with Crippen LogP contribution in [0.1, 0.15) is 38.2 Å². The molecular formula is C14H18F2O. The maximum atomic E-state index is 13.5. The topological polar surface area (TPSA) is 20.2 Å². The predicted molar refractivity (Wildman–Crippen MR) is 62.6 cm³/mol. The van der Waals surface area contributed by atoms with E-state index in [4.69, 9.17) is 0 Å². The van der Waals surface area contributed by atoms with E-state index in [-0.39, 0.29) is 12.0 Å². The molecule has 0 saturated heterocycles. The van der Waals surface area contributed by atoms with Gasteiger partial charge in [0.2, 0.25) is 0 Å². The van der Waals surface area contributed by atoms with Gasteiger partial charge in [-0.25, -0.2) is 8.78 Å². The van der Waals surface area contributed by atoms with E-state index in [1.54, 1.807) is 6.07 Å². The maximum Gasteiger partial charge on any atom is 0.162 e. The van der Waals surface area contributed by atoms with Gasteiger partial charge < -0.3 is 5.11 Å². The quantitative estimate of drug-likeness (QED) is 0.858. The van der Waals surface area contributed by atoms with E-state index in [1.807, 2.05) is 0 Å². The molecule has 1 saturated carbocycles. The summed E-state index contributed by atoms with van der Waals surface area (Å²) in [6.45, 7) is 2.10. The molecule has 2 rings (SSSR count). The van der Waals surface area contributed by atoms with Crippen molar-refractivity contribution in [2.45, 2.75) is 44.6 Å². The summed E-state index contributed by atoms with van der Waals surface area (Å²) in [4.78, 5) is 0. The Balaban J connectivity index is 2.13. The first-order valence-electron chi connectivity index (χ1n) is 6.19. The molecule has 1 aliphatic carbocycles. The number of halogens is 2. The molecule has 0 bridgehead atoms. The van der Waals surface area contributed by atoms with Crippen molar-refractivity contribution in [2.24, 2.45) is 5.92 Å². The fraction of sp³-hybridized carbons (Fsp3) is 0.571. The van der Waals surface area contributed by atoms with Gasteiger partial charge in [-0.15, -0.1) is 0 Å². The average molecular weight is 240 g/mol. The summed E-state index contributed by atoms with van der Waals surface area (Å²) < 4.78 is 26.6. The summed E-state index contributed by atoms with van der Waals surface area (Å²) in [6.07, 6.45) is 3.60. The van der Waals surface area contributed by atoms with Crippen LogP contribution >= 0.6 is 0 Å². The molecule has 2 unspecified atom stereocenters. The van der Waals surface area contributed by atoms with Gasteiger partial charge in [-0.3, -0.25) is 0 Å². The second-order valence-electron chi connectivity index (χ2n) is 5.13. The van der Waals surface area contributed by atoms with Crippen LogP contribution in [0, 0.1) is 17.6 Å². The Morgan fingerprint density at radius 2 is 2.18 bits per heavy atom. The van der Waals surface area contributed by atoms with Gasteiger partial charge in [0.15, 0.2) is 11.6 Å². The third-order valence-corrected chi connectivity index (χ3v) is 3.82. The lowest BCUT2D eigenvalue weighted by atomic mass is 9.91. The van der Waals surface area contributed by atoms with Gasteiger partial charge >= 0.3 is 0 Å². The molecule has 1 nitrogen and oxygen atoms in total. The lowest BCUT2D eigenvalue weighted by molar-refractivity contribution is 0.0427. The molecule has 3 heteroatoms. The van der Waals surface area contributed by atoms with Crippen LogP contribution in [-0.4, -0.2) is 10.7 Å². The molecule has 0 aliphatic heterocycles. The maximum absolute atomic E-state index is 13.5. The summed E-state index contributed by atoms with van der Waals surface area (Å²) in [5, 5.41) is 10.4. The normalized spacial score (nSPS) is 28.6. The monoisotopic (exact) mass is 240 g/mol. The van der Waals surface area contributed by atoms with E-state index >= 15 is 0 Å². The third kappa shape index (κ3) is 2.65. The second kappa shape index (κ2) is 4.73. The lowest BCUT2D eigenvalue weighted by Crippen LogP contribution is -2.28. The number of benzene rings is 1. The van der Waals surface area contributed by atoms with E-state index in [1.165, 1.54) is 6.07 Å². The molecule has 1 aromatic rings. The van der Waals surface area contributed by atoms with E-state index in [9.17, 15) is 13.9 Å². The second-order valence-corrected chi connectivity index (χ2v) is 5.13. The minimum atomic E-state index is -0.852. The molecule has 1 aliphatic rings. The van der Waals surface area contributed by atoms with Crippen LogP contribution < -0.4 is 0 Å². The zero-order valence-corrected chi connectivity index (χ0v) is 10.0. The Morgan fingerprint density at radius 1 is 1.41 bits per heavy atom. The highest BCUT2D eigenvalue weighted by Crippen LogP contribution is 2.38. The van der Waals surface area contributed by atoms with Crippen LogP contribution in [0.25, 0.3) is 0 Å². The first-order valence-corrected chi connectivity index (χ1v) is 6.19. The molecule has 94 valence electrons. The lowest BCUT2D eigenvalue weighted by Gasteiger charge is -2.23. The summed E-state index contributed by atoms with van der Waals surface area (Å²) >= 11 is 0. The summed E-state index contributed by atoms with van der Waals surface area (Å²) in [6, 6.07) is 4.14. The first-order chi connectivity index (χ1) is 8.04. The fourth-order valence-electron chi connectivity index (χ4n) is 2.76. The van der Waals surface area contributed by atoms with E-state index < -0.39 is 17.2 Å². The molecule has 0 amide bonds. The third-order valence-electron chi connectivity index (χ3n) is 3.82. The van der Waals surface area contributed by atoms with E-state index in [2.05, 4.69) is 6.92 Å².